The molecule has 0 amide bonds. The van der Waals surface area contributed by atoms with Gasteiger partial charge in [0.1, 0.15) is 35.6 Å². The molecule has 0 radical (unpaired) electrons. The van der Waals surface area contributed by atoms with Gasteiger partial charge in [-0.2, -0.15) is 0 Å². The van der Waals surface area contributed by atoms with Crippen LogP contribution < -0.4 is 0 Å². The first-order chi connectivity index (χ1) is 26.5. The van der Waals surface area contributed by atoms with Gasteiger partial charge in [-0.25, -0.2) is 0 Å². The van der Waals surface area contributed by atoms with Crippen molar-refractivity contribution in [2.75, 3.05) is 6.61 Å². The summed E-state index contributed by atoms with van der Waals surface area (Å²) >= 11 is 0. The van der Waals surface area contributed by atoms with E-state index in [0.29, 0.717) is 5.56 Å². The van der Waals surface area contributed by atoms with E-state index in [9.17, 15) is 39.0 Å². The molecule has 1 aromatic heterocycles. The van der Waals surface area contributed by atoms with Crippen LogP contribution in [0.1, 0.15) is 99.7 Å². The highest BCUT2D eigenvalue weighted by molar-refractivity contribution is 5.75. The molecule has 1 aromatic rings. The number of cyclic esters (lactones) is 1. The Kier molecular flexibility index (Phi) is 8.37. The first-order valence-corrected chi connectivity index (χ1v) is 19.4. The van der Waals surface area contributed by atoms with Gasteiger partial charge in [0.2, 0.25) is 5.60 Å². The van der Waals surface area contributed by atoms with E-state index in [1.165, 1.54) is 19.5 Å². The first kappa shape index (κ1) is 39.8. The van der Waals surface area contributed by atoms with Gasteiger partial charge in [-0.1, -0.05) is 34.6 Å². The molecule has 17 nitrogen and oxygen atoms in total. The van der Waals surface area contributed by atoms with Crippen LogP contribution in [-0.2, 0) is 66.7 Å². The zero-order chi connectivity index (χ0) is 41.7. The van der Waals surface area contributed by atoms with E-state index in [1.54, 1.807) is 40.7 Å². The Labute approximate surface area is 328 Å². The van der Waals surface area contributed by atoms with Gasteiger partial charge in [-0.05, 0) is 24.8 Å². The van der Waals surface area contributed by atoms with Crippen molar-refractivity contribution in [3.05, 3.63) is 24.2 Å². The number of esters is 6. The number of hydrogen-bond acceptors (Lipinski definition) is 17. The highest BCUT2D eigenvalue weighted by atomic mass is 16.8. The van der Waals surface area contributed by atoms with Crippen LogP contribution in [0.25, 0.3) is 0 Å². The Morgan fingerprint density at radius 3 is 2.18 bits per heavy atom. The summed E-state index contributed by atoms with van der Waals surface area (Å²) in [6, 6.07) is 1.55. The molecular formula is C40H50O17. The molecule has 4 bridgehead atoms. The Morgan fingerprint density at radius 2 is 1.61 bits per heavy atom. The first-order valence-electron chi connectivity index (χ1n) is 19.4. The highest BCUT2D eigenvalue weighted by Crippen LogP contribution is 2.88. The number of carbonyl (C=O) groups is 6. The zero-order valence-corrected chi connectivity index (χ0v) is 33.4. The summed E-state index contributed by atoms with van der Waals surface area (Å²) in [4.78, 5) is 80.9. The van der Waals surface area contributed by atoms with Gasteiger partial charge in [0.25, 0.3) is 0 Å². The molecule has 312 valence electrons. The minimum Gasteiger partial charge on any atom is -0.472 e. The number of ether oxygens (including phenoxy) is 8. The molecule has 7 fully saturated rings. The molecule has 17 heteroatoms. The van der Waals surface area contributed by atoms with E-state index >= 15 is 0 Å². The monoisotopic (exact) mass is 802 g/mol. The van der Waals surface area contributed by atoms with Gasteiger partial charge >= 0.3 is 35.8 Å². The third-order valence-corrected chi connectivity index (χ3v) is 14.9. The molecule has 0 aromatic carbocycles. The van der Waals surface area contributed by atoms with E-state index in [-0.39, 0.29) is 19.3 Å². The molecule has 4 aliphatic carbocycles. The topological polar surface area (TPSA) is 230 Å². The number of hydrogen-bond donors (Lipinski definition) is 2. The van der Waals surface area contributed by atoms with Gasteiger partial charge < -0.3 is 52.5 Å². The molecule has 0 unspecified atom stereocenters. The second-order valence-electron chi connectivity index (χ2n) is 17.9. The molecule has 57 heavy (non-hydrogen) atoms. The van der Waals surface area contributed by atoms with E-state index in [0.717, 1.165) is 20.8 Å². The van der Waals surface area contributed by atoms with E-state index in [2.05, 4.69) is 0 Å². The normalized spacial score (nSPS) is 47.3. The Morgan fingerprint density at radius 1 is 0.930 bits per heavy atom. The minimum absolute atomic E-state index is 0.0679. The predicted octanol–water partition coefficient (Wildman–Crippen LogP) is 2.37. The van der Waals surface area contributed by atoms with Crippen LogP contribution in [0.5, 0.6) is 0 Å². The van der Waals surface area contributed by atoms with Crippen molar-refractivity contribution in [2.45, 2.75) is 147 Å². The Hall–Kier alpha value is -4.06. The molecule has 3 aliphatic heterocycles. The second kappa shape index (κ2) is 12.0. The minimum atomic E-state index is -2.73. The van der Waals surface area contributed by atoms with Crippen molar-refractivity contribution < 1.29 is 81.3 Å². The summed E-state index contributed by atoms with van der Waals surface area (Å²) in [7, 11) is 0. The highest BCUT2D eigenvalue weighted by Gasteiger charge is 3.05. The van der Waals surface area contributed by atoms with Crippen molar-refractivity contribution in [3.63, 3.8) is 0 Å². The molecule has 4 saturated carbocycles. The van der Waals surface area contributed by atoms with E-state index in [1.807, 2.05) is 0 Å². The summed E-state index contributed by atoms with van der Waals surface area (Å²) in [5.74, 6) is -9.52. The van der Waals surface area contributed by atoms with Gasteiger partial charge in [0.15, 0.2) is 24.1 Å². The van der Waals surface area contributed by atoms with Crippen LogP contribution in [0.2, 0.25) is 0 Å². The lowest BCUT2D eigenvalue weighted by Gasteiger charge is -2.77. The predicted molar refractivity (Wildman–Crippen MR) is 186 cm³/mol. The third-order valence-electron chi connectivity index (χ3n) is 14.9. The average molecular weight is 803 g/mol. The lowest BCUT2D eigenvalue weighted by molar-refractivity contribution is -0.449. The summed E-state index contributed by atoms with van der Waals surface area (Å²) in [5.41, 5.74) is -14.8. The quantitative estimate of drug-likeness (QED) is 0.270. The van der Waals surface area contributed by atoms with E-state index in [4.69, 9.17) is 42.3 Å². The van der Waals surface area contributed by atoms with E-state index < -0.39 is 142 Å². The lowest BCUT2D eigenvalue weighted by atomic mass is 9.32. The van der Waals surface area contributed by atoms with Crippen LogP contribution in [0.15, 0.2) is 23.0 Å². The molecule has 8 rings (SSSR count). The summed E-state index contributed by atoms with van der Waals surface area (Å²) in [6.07, 6.45) is -6.23. The molecular weight excluding hydrogens is 752 g/mol. The maximum absolute atomic E-state index is 14.6. The maximum Gasteiger partial charge on any atom is 0.308 e. The second-order valence-corrected chi connectivity index (χ2v) is 17.9. The Balaban J connectivity index is 1.55. The molecule has 2 N–H and O–H groups in total. The number of carbonyl (C=O) groups excluding carboxylic acids is 6. The van der Waals surface area contributed by atoms with Gasteiger partial charge in [-0.3, -0.25) is 28.8 Å². The van der Waals surface area contributed by atoms with Crippen LogP contribution in [0.3, 0.4) is 0 Å². The van der Waals surface area contributed by atoms with Crippen LogP contribution in [0, 0.1) is 34.0 Å². The van der Waals surface area contributed by atoms with Crippen molar-refractivity contribution >= 4 is 35.8 Å². The SMILES string of the molecule is CC[C@@]12C[C@@H]3[C@](C)([C@@H](OC(C)=O)c4ccoc4)[C@@H](OC(=O)C(C)C)[C@@H](OC(C)=O)[C@@]4(O)[C@]3(O1)[C@H](O2)[C@@]1(OC(C)=O)[C@@H](OC(C)=O)[C@@]2(C)C[C@@]1(O)[C@]41COC(=O)C[C@@H]21. The largest absolute Gasteiger partial charge is 0.472 e. The van der Waals surface area contributed by atoms with Gasteiger partial charge in [0.05, 0.1) is 29.3 Å². The number of furan rings is 1. The summed E-state index contributed by atoms with van der Waals surface area (Å²) < 4.78 is 56.9. The number of aliphatic hydroxyl groups is 2. The van der Waals surface area contributed by atoms with Crippen LogP contribution in [0.4, 0.5) is 0 Å². The lowest BCUT2D eigenvalue weighted by Crippen LogP contribution is -2.98. The summed E-state index contributed by atoms with van der Waals surface area (Å²) in [6.45, 7) is 12.1. The van der Waals surface area contributed by atoms with Crippen molar-refractivity contribution in [1.82, 2.24) is 0 Å². The summed E-state index contributed by atoms with van der Waals surface area (Å²) in [5, 5.41) is 28.5. The zero-order valence-electron chi connectivity index (χ0n) is 33.4. The molecule has 15 atom stereocenters. The molecule has 4 heterocycles. The molecule has 3 saturated heterocycles. The average Bonchev–Trinajstić information content (AvgIpc) is 3.92. The smallest absolute Gasteiger partial charge is 0.308 e. The van der Waals surface area contributed by atoms with Crippen LogP contribution >= 0.6 is 0 Å². The fraction of sp³-hybridized carbons (Fsp3) is 0.750. The third kappa shape index (κ3) is 4.33. The van der Waals surface area contributed by atoms with Crippen molar-refractivity contribution in [1.29, 1.82) is 0 Å². The fourth-order valence-electron chi connectivity index (χ4n) is 13.3. The van der Waals surface area contributed by atoms with Crippen LogP contribution in [-0.4, -0.2) is 105 Å². The maximum atomic E-state index is 14.6. The van der Waals surface area contributed by atoms with Gasteiger partial charge in [-0.15, -0.1) is 0 Å². The number of rotatable bonds is 9. The molecule has 2 spiro atoms. The van der Waals surface area contributed by atoms with Crippen molar-refractivity contribution in [3.8, 4) is 0 Å². The number of fused-ring (bicyclic) bond motifs is 4. The Bertz CT molecular complexity index is 1950. The van der Waals surface area contributed by atoms with Gasteiger partial charge in [0, 0.05) is 57.4 Å². The fourth-order valence-corrected chi connectivity index (χ4v) is 13.3. The van der Waals surface area contributed by atoms with Crippen molar-refractivity contribution in [2.24, 2.45) is 34.0 Å². The standard InChI is InChI=1S/C40H50O17/c1-10-35-14-25-34(9,27(51-19(4)41)23-11-12-49-15-23)28(54-30(46)18(2)3)29(52-20(5)42)40(48)36-17-50-26(45)13-24(36)33(8)16-37(36,47)39(55-22(7)44,31(33)53-21(6)43)32(56-35)38(25,40)57-35/h11-12,15,18,24-25,27-29,31-32,47-48H,10,13-14,16-17H2,1-9H3/t24-,25+,27-,28-,29+,31-,32-,33-,34+,35-,36+,37+,38+,39-,40-/m0/s1. The molecule has 7 aliphatic rings.